The van der Waals surface area contributed by atoms with Gasteiger partial charge in [-0.05, 0) is 74.1 Å². The SMILES string of the molecule is Cc1c(C)c(C)c(C(O)c2cccc(Cl)c2Cl)c(C)c1C. The van der Waals surface area contributed by atoms with E-state index in [-0.39, 0.29) is 0 Å². The molecule has 1 nitrogen and oxygen atoms in total. The Labute approximate surface area is 136 Å². The van der Waals surface area contributed by atoms with E-state index in [1.165, 1.54) is 16.7 Å². The molecule has 0 radical (unpaired) electrons. The van der Waals surface area contributed by atoms with Gasteiger partial charge in [0.15, 0.2) is 0 Å². The van der Waals surface area contributed by atoms with Gasteiger partial charge in [0, 0.05) is 5.56 Å². The monoisotopic (exact) mass is 322 g/mol. The largest absolute Gasteiger partial charge is 0.384 e. The van der Waals surface area contributed by atoms with Crippen molar-refractivity contribution in [2.75, 3.05) is 0 Å². The van der Waals surface area contributed by atoms with Gasteiger partial charge in [-0.1, -0.05) is 35.3 Å². The third-order valence-electron chi connectivity index (χ3n) is 4.61. The maximum Gasteiger partial charge on any atom is 0.106 e. The lowest BCUT2D eigenvalue weighted by atomic mass is 9.85. The molecule has 2 aromatic carbocycles. The zero-order valence-corrected chi connectivity index (χ0v) is 14.5. The maximum atomic E-state index is 10.9. The van der Waals surface area contributed by atoms with Crippen LogP contribution in [0.1, 0.15) is 45.0 Å². The van der Waals surface area contributed by atoms with Crippen LogP contribution >= 0.6 is 23.2 Å². The molecule has 0 bridgehead atoms. The molecule has 0 spiro atoms. The Bertz CT molecular complexity index is 676. The maximum absolute atomic E-state index is 10.9. The summed E-state index contributed by atoms with van der Waals surface area (Å²) < 4.78 is 0. The van der Waals surface area contributed by atoms with Crippen molar-refractivity contribution < 1.29 is 5.11 Å². The van der Waals surface area contributed by atoms with Crippen LogP contribution in [0.2, 0.25) is 10.0 Å². The smallest absolute Gasteiger partial charge is 0.106 e. The molecule has 1 atom stereocenters. The van der Waals surface area contributed by atoms with Crippen molar-refractivity contribution in [2.45, 2.75) is 40.7 Å². The number of aliphatic hydroxyl groups excluding tert-OH is 1. The molecule has 0 heterocycles. The van der Waals surface area contributed by atoms with Crippen molar-refractivity contribution in [2.24, 2.45) is 0 Å². The van der Waals surface area contributed by atoms with Crippen molar-refractivity contribution in [1.29, 1.82) is 0 Å². The summed E-state index contributed by atoms with van der Waals surface area (Å²) in [6.45, 7) is 10.4. The van der Waals surface area contributed by atoms with Crippen LogP contribution in [0.25, 0.3) is 0 Å². The third kappa shape index (κ3) is 2.70. The summed E-state index contributed by atoms with van der Waals surface area (Å²) in [5, 5.41) is 11.7. The minimum Gasteiger partial charge on any atom is -0.384 e. The second-order valence-corrected chi connectivity index (χ2v) is 6.37. The number of rotatable bonds is 2. The van der Waals surface area contributed by atoms with Gasteiger partial charge in [0.1, 0.15) is 6.10 Å². The zero-order valence-electron chi connectivity index (χ0n) is 13.0. The lowest BCUT2D eigenvalue weighted by Crippen LogP contribution is -2.09. The van der Waals surface area contributed by atoms with Crippen LogP contribution in [0.4, 0.5) is 0 Å². The molecule has 0 aliphatic heterocycles. The molecule has 0 amide bonds. The average molecular weight is 323 g/mol. The molecule has 0 fully saturated rings. The molecule has 21 heavy (non-hydrogen) atoms. The molecule has 0 aliphatic carbocycles. The molecule has 3 heteroatoms. The van der Waals surface area contributed by atoms with Gasteiger partial charge in [-0.2, -0.15) is 0 Å². The predicted molar refractivity (Wildman–Crippen MR) is 90.7 cm³/mol. The van der Waals surface area contributed by atoms with Crippen molar-refractivity contribution in [3.8, 4) is 0 Å². The van der Waals surface area contributed by atoms with E-state index in [9.17, 15) is 5.11 Å². The summed E-state index contributed by atoms with van der Waals surface area (Å²) in [5.74, 6) is 0. The van der Waals surface area contributed by atoms with E-state index < -0.39 is 6.10 Å². The number of aliphatic hydroxyl groups is 1. The quantitative estimate of drug-likeness (QED) is 0.761. The van der Waals surface area contributed by atoms with Gasteiger partial charge in [0.2, 0.25) is 0 Å². The molecule has 2 aromatic rings. The Hall–Kier alpha value is -1.02. The first kappa shape index (κ1) is 16.4. The number of benzene rings is 2. The Morgan fingerprint density at radius 2 is 1.29 bits per heavy atom. The van der Waals surface area contributed by atoms with E-state index in [1.54, 1.807) is 6.07 Å². The van der Waals surface area contributed by atoms with Gasteiger partial charge in [-0.3, -0.25) is 0 Å². The van der Waals surface area contributed by atoms with E-state index in [0.29, 0.717) is 15.6 Å². The molecule has 0 aliphatic rings. The highest BCUT2D eigenvalue weighted by Gasteiger charge is 2.22. The molecule has 2 rings (SSSR count). The van der Waals surface area contributed by atoms with Crippen molar-refractivity contribution in [3.05, 3.63) is 67.2 Å². The molecule has 0 saturated heterocycles. The summed E-state index contributed by atoms with van der Waals surface area (Å²) in [7, 11) is 0. The second-order valence-electron chi connectivity index (χ2n) is 5.58. The van der Waals surface area contributed by atoms with Crippen LogP contribution in [0.15, 0.2) is 18.2 Å². The van der Waals surface area contributed by atoms with E-state index >= 15 is 0 Å². The van der Waals surface area contributed by atoms with E-state index in [2.05, 4.69) is 20.8 Å². The Kier molecular flexibility index (Phi) is 4.67. The predicted octanol–water partition coefficient (Wildman–Crippen LogP) is 5.62. The van der Waals surface area contributed by atoms with Crippen molar-refractivity contribution in [1.82, 2.24) is 0 Å². The van der Waals surface area contributed by atoms with Gasteiger partial charge in [0.25, 0.3) is 0 Å². The van der Waals surface area contributed by atoms with E-state index in [4.69, 9.17) is 23.2 Å². The molecular weight excluding hydrogens is 303 g/mol. The third-order valence-corrected chi connectivity index (χ3v) is 5.44. The van der Waals surface area contributed by atoms with Crippen molar-refractivity contribution in [3.63, 3.8) is 0 Å². The van der Waals surface area contributed by atoms with E-state index in [1.807, 2.05) is 26.0 Å². The number of hydrogen-bond donors (Lipinski definition) is 1. The molecule has 0 aromatic heterocycles. The normalized spacial score (nSPS) is 12.6. The highest BCUT2D eigenvalue weighted by Crippen LogP contribution is 2.38. The second kappa shape index (κ2) is 6.00. The molecule has 1 unspecified atom stereocenters. The minimum atomic E-state index is -0.769. The number of hydrogen-bond acceptors (Lipinski definition) is 1. The standard InChI is InChI=1S/C18H20Cl2O/c1-9-10(2)12(4)16(13(5)11(9)3)18(21)14-7-6-8-15(19)17(14)20/h6-8,18,21H,1-5H3. The van der Waals surface area contributed by atoms with Gasteiger partial charge in [-0.15, -0.1) is 0 Å². The van der Waals surface area contributed by atoms with Gasteiger partial charge < -0.3 is 5.11 Å². The van der Waals surface area contributed by atoms with Gasteiger partial charge >= 0.3 is 0 Å². The molecule has 0 saturated carbocycles. The fraction of sp³-hybridized carbons (Fsp3) is 0.333. The molecule has 112 valence electrons. The van der Waals surface area contributed by atoms with Gasteiger partial charge in [0.05, 0.1) is 10.0 Å². The Morgan fingerprint density at radius 3 is 1.81 bits per heavy atom. The molecule has 1 N–H and O–H groups in total. The van der Waals surface area contributed by atoms with Crippen LogP contribution in [0, 0.1) is 34.6 Å². The van der Waals surface area contributed by atoms with Crippen molar-refractivity contribution >= 4 is 23.2 Å². The Balaban J connectivity index is 2.70. The van der Waals surface area contributed by atoms with E-state index in [0.717, 1.165) is 16.7 Å². The van der Waals surface area contributed by atoms with Crippen LogP contribution in [0.3, 0.4) is 0 Å². The zero-order chi connectivity index (χ0) is 15.9. The minimum absolute atomic E-state index is 0.418. The van der Waals surface area contributed by atoms with Crippen LogP contribution < -0.4 is 0 Å². The lowest BCUT2D eigenvalue weighted by Gasteiger charge is -2.23. The average Bonchev–Trinajstić information content (AvgIpc) is 2.46. The van der Waals surface area contributed by atoms with Gasteiger partial charge in [-0.25, -0.2) is 0 Å². The van der Waals surface area contributed by atoms with Crippen LogP contribution in [0.5, 0.6) is 0 Å². The van der Waals surface area contributed by atoms with Crippen LogP contribution in [-0.4, -0.2) is 5.11 Å². The summed E-state index contributed by atoms with van der Waals surface area (Å²) in [4.78, 5) is 0. The molecular formula is C18H20Cl2O. The first-order chi connectivity index (χ1) is 9.77. The summed E-state index contributed by atoms with van der Waals surface area (Å²) >= 11 is 12.3. The first-order valence-corrected chi connectivity index (χ1v) is 7.71. The fourth-order valence-electron chi connectivity index (χ4n) is 2.83. The fourth-order valence-corrected chi connectivity index (χ4v) is 3.24. The lowest BCUT2D eigenvalue weighted by molar-refractivity contribution is 0.218. The van der Waals surface area contributed by atoms with Crippen LogP contribution in [-0.2, 0) is 0 Å². The highest BCUT2D eigenvalue weighted by molar-refractivity contribution is 6.42. The summed E-state index contributed by atoms with van der Waals surface area (Å²) in [5.41, 5.74) is 7.50. The summed E-state index contributed by atoms with van der Waals surface area (Å²) in [6.07, 6.45) is -0.769. The highest BCUT2D eigenvalue weighted by atomic mass is 35.5. The topological polar surface area (TPSA) is 20.2 Å². The summed E-state index contributed by atoms with van der Waals surface area (Å²) in [6, 6.07) is 5.36. The Morgan fingerprint density at radius 1 is 0.810 bits per heavy atom. The first-order valence-electron chi connectivity index (χ1n) is 6.96. The number of halogens is 2.